The number of nitrogens with one attached hydrogen (secondary N) is 1. The van der Waals surface area contributed by atoms with E-state index >= 15 is 0 Å². The topological polar surface area (TPSA) is 49.4 Å². The van der Waals surface area contributed by atoms with Crippen LogP contribution in [0.2, 0.25) is 0 Å². The van der Waals surface area contributed by atoms with Gasteiger partial charge in [0.15, 0.2) is 0 Å². The van der Waals surface area contributed by atoms with Crippen molar-refractivity contribution < 1.29 is 9.59 Å². The predicted molar refractivity (Wildman–Crippen MR) is 44.7 cm³/mol. The van der Waals surface area contributed by atoms with Gasteiger partial charge in [0, 0.05) is 26.2 Å². The molecule has 0 bridgehead atoms. The Morgan fingerprint density at radius 2 is 2.08 bits per heavy atom. The average Bonchev–Trinajstić information content (AvgIpc) is 2.17. The van der Waals surface area contributed by atoms with Crippen molar-refractivity contribution in [2.24, 2.45) is 5.92 Å². The van der Waals surface area contributed by atoms with E-state index in [-0.39, 0.29) is 5.91 Å². The smallest absolute Gasteiger partial charge is 0.232 e. The third-order valence-electron chi connectivity index (χ3n) is 2.02. The van der Waals surface area contributed by atoms with Crippen molar-refractivity contribution in [1.29, 1.82) is 0 Å². The number of carbonyl (C=O) groups excluding carboxylic acids is 2. The summed E-state index contributed by atoms with van der Waals surface area (Å²) in [5.74, 6) is -0.533. The van der Waals surface area contributed by atoms with Gasteiger partial charge < -0.3 is 15.0 Å². The molecule has 1 N–H and O–H groups in total. The van der Waals surface area contributed by atoms with Crippen LogP contribution in [0.25, 0.3) is 0 Å². The summed E-state index contributed by atoms with van der Waals surface area (Å²) in [5.41, 5.74) is 0. The number of aldehydes is 1. The predicted octanol–water partition coefficient (Wildman–Crippen LogP) is -0.747. The lowest BCUT2D eigenvalue weighted by Gasteiger charge is -2.28. The van der Waals surface area contributed by atoms with E-state index in [1.807, 2.05) is 0 Å². The molecule has 1 atom stereocenters. The Hall–Kier alpha value is -0.900. The minimum atomic E-state index is -0.483. The molecule has 0 aromatic heterocycles. The van der Waals surface area contributed by atoms with Crippen molar-refractivity contribution in [3.05, 3.63) is 0 Å². The first-order valence-electron chi connectivity index (χ1n) is 4.20. The number of hydrogen-bond donors (Lipinski definition) is 1. The van der Waals surface area contributed by atoms with Crippen molar-refractivity contribution >= 4 is 12.2 Å². The fourth-order valence-electron chi connectivity index (χ4n) is 1.23. The number of amides is 1. The van der Waals surface area contributed by atoms with Gasteiger partial charge in [0.2, 0.25) is 5.91 Å². The standard InChI is InChI=1S/C8H14N2O2/c1-7(6-11)8(12)10-4-2-9-3-5-10/h6-7,9H,2-5H2,1H3. The number of carbonyl (C=O) groups is 2. The summed E-state index contributed by atoms with van der Waals surface area (Å²) in [4.78, 5) is 23.5. The fourth-order valence-corrected chi connectivity index (χ4v) is 1.23. The zero-order valence-electron chi connectivity index (χ0n) is 7.25. The largest absolute Gasteiger partial charge is 0.340 e. The van der Waals surface area contributed by atoms with Crippen LogP contribution in [0, 0.1) is 5.92 Å². The Labute approximate surface area is 71.9 Å². The lowest BCUT2D eigenvalue weighted by atomic mass is 10.1. The molecule has 1 rings (SSSR count). The zero-order valence-corrected chi connectivity index (χ0v) is 7.25. The molecule has 1 unspecified atom stereocenters. The van der Waals surface area contributed by atoms with Crippen molar-refractivity contribution in [3.8, 4) is 0 Å². The third kappa shape index (κ3) is 2.04. The zero-order chi connectivity index (χ0) is 8.97. The highest BCUT2D eigenvalue weighted by Gasteiger charge is 2.20. The molecule has 1 aliphatic heterocycles. The molecule has 68 valence electrons. The van der Waals surface area contributed by atoms with Gasteiger partial charge in [0.05, 0.1) is 5.92 Å². The van der Waals surface area contributed by atoms with E-state index in [0.29, 0.717) is 6.29 Å². The first kappa shape index (κ1) is 9.19. The van der Waals surface area contributed by atoms with Crippen molar-refractivity contribution in [2.45, 2.75) is 6.92 Å². The first-order valence-corrected chi connectivity index (χ1v) is 4.20. The van der Waals surface area contributed by atoms with Crippen LogP contribution < -0.4 is 5.32 Å². The van der Waals surface area contributed by atoms with Gasteiger partial charge in [-0.15, -0.1) is 0 Å². The van der Waals surface area contributed by atoms with E-state index in [4.69, 9.17) is 0 Å². The maximum atomic E-state index is 11.4. The number of nitrogens with zero attached hydrogens (tertiary/aromatic N) is 1. The van der Waals surface area contributed by atoms with Crippen LogP contribution in [-0.2, 0) is 9.59 Å². The molecular weight excluding hydrogens is 156 g/mol. The van der Waals surface area contributed by atoms with Crippen LogP contribution in [0.4, 0.5) is 0 Å². The number of rotatable bonds is 2. The van der Waals surface area contributed by atoms with E-state index < -0.39 is 5.92 Å². The molecule has 0 aliphatic carbocycles. The molecule has 1 amide bonds. The Morgan fingerprint density at radius 3 is 2.58 bits per heavy atom. The average molecular weight is 170 g/mol. The second-order valence-corrected chi connectivity index (χ2v) is 3.00. The molecule has 1 saturated heterocycles. The van der Waals surface area contributed by atoms with Crippen LogP contribution >= 0.6 is 0 Å². The van der Waals surface area contributed by atoms with E-state index in [9.17, 15) is 9.59 Å². The molecule has 1 heterocycles. The van der Waals surface area contributed by atoms with Gasteiger partial charge in [0.1, 0.15) is 6.29 Å². The Morgan fingerprint density at radius 1 is 1.50 bits per heavy atom. The molecule has 12 heavy (non-hydrogen) atoms. The maximum Gasteiger partial charge on any atom is 0.232 e. The van der Waals surface area contributed by atoms with Crippen LogP contribution in [0.1, 0.15) is 6.92 Å². The molecule has 4 heteroatoms. The van der Waals surface area contributed by atoms with Crippen molar-refractivity contribution in [1.82, 2.24) is 10.2 Å². The molecule has 1 fully saturated rings. The molecule has 1 aliphatic rings. The monoisotopic (exact) mass is 170 g/mol. The quantitative estimate of drug-likeness (QED) is 0.438. The summed E-state index contributed by atoms with van der Waals surface area (Å²) in [6.07, 6.45) is 0.699. The maximum absolute atomic E-state index is 11.4. The number of piperazine rings is 1. The Balaban J connectivity index is 2.44. The number of hydrogen-bond acceptors (Lipinski definition) is 3. The highest BCUT2D eigenvalue weighted by atomic mass is 16.2. The van der Waals surface area contributed by atoms with Gasteiger partial charge in [-0.1, -0.05) is 0 Å². The van der Waals surface area contributed by atoms with E-state index in [1.165, 1.54) is 0 Å². The van der Waals surface area contributed by atoms with Gasteiger partial charge in [-0.3, -0.25) is 4.79 Å². The van der Waals surface area contributed by atoms with Gasteiger partial charge in [-0.2, -0.15) is 0 Å². The molecule has 4 nitrogen and oxygen atoms in total. The Kier molecular flexibility index (Phi) is 3.22. The lowest BCUT2D eigenvalue weighted by Crippen LogP contribution is -2.48. The third-order valence-corrected chi connectivity index (χ3v) is 2.02. The van der Waals surface area contributed by atoms with Gasteiger partial charge >= 0.3 is 0 Å². The molecule has 0 spiro atoms. The summed E-state index contributed by atoms with van der Waals surface area (Å²) >= 11 is 0. The van der Waals surface area contributed by atoms with Crippen molar-refractivity contribution in [3.63, 3.8) is 0 Å². The van der Waals surface area contributed by atoms with E-state index in [2.05, 4.69) is 5.32 Å². The molecule has 0 aromatic carbocycles. The summed E-state index contributed by atoms with van der Waals surface area (Å²) < 4.78 is 0. The lowest BCUT2D eigenvalue weighted by molar-refractivity contribution is -0.137. The molecular formula is C8H14N2O2. The summed E-state index contributed by atoms with van der Waals surface area (Å²) in [6.45, 7) is 4.74. The summed E-state index contributed by atoms with van der Waals surface area (Å²) in [5, 5.41) is 3.14. The van der Waals surface area contributed by atoms with Gasteiger partial charge in [-0.05, 0) is 6.92 Å². The normalized spacial score (nSPS) is 20.2. The fraction of sp³-hybridized carbons (Fsp3) is 0.750. The van der Waals surface area contributed by atoms with Crippen LogP contribution in [-0.4, -0.2) is 43.3 Å². The second-order valence-electron chi connectivity index (χ2n) is 3.00. The SMILES string of the molecule is CC(C=O)C(=O)N1CCNCC1. The van der Waals surface area contributed by atoms with E-state index in [1.54, 1.807) is 11.8 Å². The minimum Gasteiger partial charge on any atom is -0.340 e. The van der Waals surface area contributed by atoms with Crippen LogP contribution in [0.15, 0.2) is 0 Å². The molecule has 0 radical (unpaired) electrons. The summed E-state index contributed by atoms with van der Waals surface area (Å²) in [7, 11) is 0. The minimum absolute atomic E-state index is 0.0495. The summed E-state index contributed by atoms with van der Waals surface area (Å²) in [6, 6.07) is 0. The van der Waals surface area contributed by atoms with E-state index in [0.717, 1.165) is 26.2 Å². The Bertz CT molecular complexity index is 176. The molecule has 0 aromatic rings. The second kappa shape index (κ2) is 4.21. The van der Waals surface area contributed by atoms with Gasteiger partial charge in [-0.25, -0.2) is 0 Å². The highest BCUT2D eigenvalue weighted by Crippen LogP contribution is 2.00. The molecule has 0 saturated carbocycles. The van der Waals surface area contributed by atoms with Crippen LogP contribution in [0.5, 0.6) is 0 Å². The van der Waals surface area contributed by atoms with Crippen molar-refractivity contribution in [2.75, 3.05) is 26.2 Å². The van der Waals surface area contributed by atoms with Gasteiger partial charge in [0.25, 0.3) is 0 Å². The highest BCUT2D eigenvalue weighted by molar-refractivity contribution is 5.91. The van der Waals surface area contributed by atoms with Crippen LogP contribution in [0.3, 0.4) is 0 Å². The first-order chi connectivity index (χ1) is 5.75.